The quantitative estimate of drug-likeness (QED) is 0.0183. The molecule has 0 aromatic carbocycles. The van der Waals surface area contributed by atoms with Gasteiger partial charge in [0.05, 0.1) is 82.6 Å². The fourth-order valence-corrected chi connectivity index (χ4v) is 21.1. The number of hydrogen-bond acceptors (Lipinski definition) is 42. The number of aliphatic hydroxyl groups is 1. The molecule has 20 N–H and O–H groups in total. The molecule has 0 amide bonds. The van der Waals surface area contributed by atoms with Gasteiger partial charge in [-0.2, -0.15) is 24.9 Å². The number of nitrogen functional groups attached to an aromatic ring is 5. The molecule has 6 saturated heterocycles. The van der Waals surface area contributed by atoms with Crippen molar-refractivity contribution in [3.63, 3.8) is 0 Å². The number of aryl methyl sites for hydroxylation is 1. The number of aliphatic hydroxyl groups excluding tert-OH is 1. The Morgan fingerprint density at radius 1 is 0.412 bits per heavy atom. The van der Waals surface area contributed by atoms with Gasteiger partial charge in [0.25, 0.3) is 11.1 Å². The second kappa shape index (κ2) is 36.9. The summed E-state index contributed by atoms with van der Waals surface area (Å²) in [5.41, 5.74) is 23.0. The molecule has 652 valence electrons. The molecule has 7 aromatic heterocycles. The van der Waals surface area contributed by atoms with Crippen LogP contribution in [0.3, 0.4) is 0 Å². The highest BCUT2D eigenvalue weighted by atomic mass is 32.5. The molecule has 23 atom stereocenters. The number of aromatic nitrogens is 14. The summed E-state index contributed by atoms with van der Waals surface area (Å²) in [7, 11) is 0. The first-order valence-electron chi connectivity index (χ1n) is 34.9. The fourth-order valence-electron chi connectivity index (χ4n) is 13.2. The van der Waals surface area contributed by atoms with E-state index in [0.717, 1.165) is 22.8 Å². The fraction of sp³-hybridized carbons (Fsp3) is 0.554. The molecule has 6 aliphatic rings. The van der Waals surface area contributed by atoms with Crippen LogP contribution >= 0.6 is 40.3 Å². The van der Waals surface area contributed by atoms with Gasteiger partial charge in [-0.25, -0.2) is 29.0 Å². The number of imidazole rings is 1. The maximum Gasteiger partial charge on any atom is 0.351 e. The highest BCUT2D eigenvalue weighted by Gasteiger charge is 2.50. The minimum atomic E-state index is -4.69. The molecule has 51 nitrogen and oxygen atoms in total. The molecule has 0 radical (unpaired) electrons. The summed E-state index contributed by atoms with van der Waals surface area (Å²) in [6, 6.07) is 5.14. The third-order valence-corrected chi connectivity index (χ3v) is 27.5. The number of aromatic amines is 2. The highest BCUT2D eigenvalue weighted by molar-refractivity contribution is 8.08. The monoisotopic (exact) mass is 1900 g/mol. The maximum atomic E-state index is 13.3. The minimum Gasteiger partial charge on any atom is -0.390 e. The first kappa shape index (κ1) is 91.2. The van der Waals surface area contributed by atoms with E-state index >= 15 is 0 Å². The van der Waals surface area contributed by atoms with Gasteiger partial charge in [0, 0.05) is 75.1 Å². The summed E-state index contributed by atoms with van der Waals surface area (Å²) >= 11 is 32.1. The zero-order chi connectivity index (χ0) is 85.8. The van der Waals surface area contributed by atoms with E-state index < -0.39 is 230 Å². The van der Waals surface area contributed by atoms with E-state index in [1.807, 2.05) is 0 Å². The smallest absolute Gasteiger partial charge is 0.351 e. The lowest BCUT2D eigenvalue weighted by Gasteiger charge is -2.28. The Labute approximate surface area is 696 Å². The van der Waals surface area contributed by atoms with E-state index in [2.05, 4.69) is 51.7 Å². The van der Waals surface area contributed by atoms with Crippen molar-refractivity contribution in [2.24, 2.45) is 0 Å². The van der Waals surface area contributed by atoms with Crippen LogP contribution in [-0.4, -0.2) is 220 Å². The molecular weight excluding hydrogens is 1830 g/mol. The van der Waals surface area contributed by atoms with Crippen LogP contribution in [0.15, 0.2) is 95.1 Å². The van der Waals surface area contributed by atoms with Crippen molar-refractivity contribution in [1.29, 1.82) is 0 Å². The van der Waals surface area contributed by atoms with Crippen molar-refractivity contribution in [3.05, 3.63) is 140 Å². The Balaban J connectivity index is 0.684. The molecule has 0 spiro atoms. The van der Waals surface area contributed by atoms with Crippen LogP contribution in [0.5, 0.6) is 0 Å². The van der Waals surface area contributed by atoms with E-state index in [1.54, 1.807) is 0 Å². The molecule has 0 bridgehead atoms. The van der Waals surface area contributed by atoms with Crippen molar-refractivity contribution in [1.82, 2.24) is 67.3 Å². The summed E-state index contributed by atoms with van der Waals surface area (Å²) in [4.78, 5) is 197. The number of nitrogens with two attached hydrogens (primary N) is 5. The Morgan fingerprint density at radius 3 is 1.03 bits per heavy atom. The van der Waals surface area contributed by atoms with Gasteiger partial charge in [-0.15, -0.1) is 0 Å². The van der Waals surface area contributed by atoms with E-state index in [-0.39, 0.29) is 84.5 Å². The number of nitrogens with zero attached hydrogens (tertiary/aromatic N) is 12. The number of nitrogens with one attached hydrogen (secondary N) is 2. The van der Waals surface area contributed by atoms with Crippen LogP contribution in [0, 0.1) is 6.92 Å². The van der Waals surface area contributed by atoms with Crippen molar-refractivity contribution in [2.75, 3.05) is 68.3 Å². The Kier molecular flexibility index (Phi) is 28.3. The topological polar surface area (TPSA) is 707 Å². The third kappa shape index (κ3) is 23.0. The van der Waals surface area contributed by atoms with Gasteiger partial charge in [0.1, 0.15) is 97.3 Å². The number of rotatable bonds is 34. The van der Waals surface area contributed by atoms with Crippen molar-refractivity contribution in [3.8, 4) is 0 Å². The molecule has 13 heterocycles. The van der Waals surface area contributed by atoms with Crippen molar-refractivity contribution >= 4 is 152 Å². The molecule has 0 saturated carbocycles. The van der Waals surface area contributed by atoms with Gasteiger partial charge in [0.2, 0.25) is 5.95 Å². The molecule has 7 aromatic rings. The lowest BCUT2D eigenvalue weighted by Crippen LogP contribution is -2.33. The normalized spacial score (nSPS) is 29.8. The van der Waals surface area contributed by atoms with Gasteiger partial charge >= 0.3 is 68.8 Å². The average molecular weight is 1900 g/mol. The van der Waals surface area contributed by atoms with Gasteiger partial charge in [-0.1, -0.05) is 0 Å². The number of fused-ring (bicyclic) bond motifs is 1. The van der Waals surface area contributed by atoms with Crippen LogP contribution in [0.4, 0.5) is 29.2 Å². The van der Waals surface area contributed by atoms with Crippen LogP contribution in [0.2, 0.25) is 0 Å². The first-order chi connectivity index (χ1) is 55.9. The molecule has 6 aliphatic heterocycles. The molecule has 23 unspecified atom stereocenters. The van der Waals surface area contributed by atoms with Gasteiger partial charge < -0.3 is 146 Å². The predicted octanol–water partition coefficient (Wildman–Crippen LogP) is -2.68. The second-order valence-electron chi connectivity index (χ2n) is 27.0. The zero-order valence-electron chi connectivity index (χ0n) is 60.9. The molecular formula is C56H75N19O32P6S6. The SMILES string of the molecule is Cc1cn(C2CC(OP(O)(=S)OCC3OC(n4ccc(N)nc4=O)CC3OP(O)(=S)OCC3OC(n4ccc(N)nc4=O)CC3OP(O)(=S)OCC3OC(n4ccc(N)nc4=O)CC3OP(O)(=S)OCC3OC(n4cnc5c(=O)[nH]c(N)nc54)CC3O)C(COP(O)(=S)OC3CC(n4ccc(N)nc4=O)OC3COP(O)(O)=S)O2)c(=O)[nH]c1=O. The molecule has 6 fully saturated rings. The number of H-pyrrole nitrogens is 2. The summed E-state index contributed by atoms with van der Waals surface area (Å²) in [5, 5.41) is 11.1. The largest absolute Gasteiger partial charge is 0.390 e. The summed E-state index contributed by atoms with van der Waals surface area (Å²) in [5.74, 6) is -0.785. The van der Waals surface area contributed by atoms with Crippen LogP contribution in [-0.2, 0) is 149 Å². The minimum absolute atomic E-state index is 0.0546. The molecule has 63 heteroatoms. The number of anilines is 5. The first-order valence-corrected chi connectivity index (χ1v) is 50.5. The van der Waals surface area contributed by atoms with E-state index in [1.165, 1.54) is 73.1 Å². The van der Waals surface area contributed by atoms with Gasteiger partial charge in [-0.3, -0.25) is 47.0 Å². The maximum absolute atomic E-state index is 13.3. The average Bonchev–Trinajstić information content (AvgIpc) is 1.64. The lowest BCUT2D eigenvalue weighted by molar-refractivity contribution is -0.0580. The van der Waals surface area contributed by atoms with Crippen LogP contribution in [0.1, 0.15) is 81.5 Å². The van der Waals surface area contributed by atoms with E-state index in [0.29, 0.717) is 0 Å². The van der Waals surface area contributed by atoms with Crippen LogP contribution < -0.4 is 68.2 Å². The summed E-state index contributed by atoms with van der Waals surface area (Å²) in [6.45, 7) is -30.2. The lowest BCUT2D eigenvalue weighted by atomic mass is 10.2. The van der Waals surface area contributed by atoms with Gasteiger partial charge in [-0.05, 0) is 102 Å². The van der Waals surface area contributed by atoms with Crippen LogP contribution in [0.25, 0.3) is 11.2 Å². The number of hydrogen-bond donors (Lipinski definition) is 15. The van der Waals surface area contributed by atoms with Crippen molar-refractivity contribution < 1.29 is 118 Å². The predicted molar refractivity (Wildman–Crippen MR) is 429 cm³/mol. The molecule has 119 heavy (non-hydrogen) atoms. The Morgan fingerprint density at radius 2 is 0.706 bits per heavy atom. The third-order valence-electron chi connectivity index (χ3n) is 18.7. The zero-order valence-corrected chi connectivity index (χ0v) is 71.2. The highest BCUT2D eigenvalue weighted by Crippen LogP contribution is 2.57. The van der Waals surface area contributed by atoms with E-state index in [9.17, 15) is 72.9 Å². The van der Waals surface area contributed by atoms with E-state index in [4.69, 9.17) is 166 Å². The van der Waals surface area contributed by atoms with Gasteiger partial charge in [0.15, 0.2) is 11.2 Å². The number of ether oxygens (including phenoxy) is 6. The molecule has 0 aliphatic carbocycles. The summed E-state index contributed by atoms with van der Waals surface area (Å²) < 4.78 is 108. The Hall–Kier alpha value is -5.55. The second-order valence-corrected chi connectivity index (χ2v) is 43.6. The Bertz CT molecular complexity index is 5720. The standard InChI is InChI=1S/C56H75N19O32P6S6/c1-24-16-74(56(83)69-49(24)77)46-15-30(36(102-46)22-96-110(87,116)103-26-11-42(70-6-2-37(57)63-52(70)79)98-32(26)18-91-108(84,85)114)107-113(90,119)95-21-35-29(14-45(101-35)73-9-5-40(60)66-55(73)82)106-112(89,118)94-20-34-28(13-44(100-34)72-8-4-39(59)65-54(72)81)105-111(88,117)93-19-33-27(12-43(99-33)71-7-3-38(58)64-53(71)80)104-109(86,115)92-17-31-25(76)10-41(97-31)75-23-62-47-48(75)67-51(61)68-50(47)78/h2-9,16,23,25-36,41-46,76H,10-15,17-22H2,1H3,(H,86,115)(H,87,116)(H,88,117)(H,89,118)(H,90,119)(H2,57,63,79)(H2,58,64,80)(H2,59,65,81)(H2,60,66,82)(H,69,77,83)(H2,84,85,114)(H3,61,67,68,78). The summed E-state index contributed by atoms with van der Waals surface area (Å²) in [6.07, 6.45) is -18.0. The molecule has 13 rings (SSSR count). The van der Waals surface area contributed by atoms with Crippen molar-refractivity contribution in [2.45, 2.75) is 156 Å².